The standard InChI is InChI=1S/C15H17ClN2O4/c1-18-9-12(13(19)15(18)21)14(20)17-7-2-8-22-11-5-3-10(16)4-6-11/h3-6,19H,2,7-9H2,1H3,(H,17,20). The van der Waals surface area contributed by atoms with E-state index in [9.17, 15) is 14.7 Å². The van der Waals surface area contributed by atoms with Crippen molar-refractivity contribution in [2.45, 2.75) is 6.42 Å². The number of hydrogen-bond acceptors (Lipinski definition) is 4. The number of benzene rings is 1. The zero-order valence-electron chi connectivity index (χ0n) is 12.1. The number of nitrogens with zero attached hydrogens (tertiary/aromatic N) is 1. The number of aliphatic hydroxyl groups is 1. The first-order chi connectivity index (χ1) is 10.5. The SMILES string of the molecule is CN1CC(C(=O)NCCCOc2ccc(Cl)cc2)=C(O)C1=O. The number of carbonyl (C=O) groups is 2. The fraction of sp³-hybridized carbons (Fsp3) is 0.333. The molecule has 6 nitrogen and oxygen atoms in total. The van der Waals surface area contributed by atoms with E-state index in [0.717, 1.165) is 0 Å². The zero-order valence-corrected chi connectivity index (χ0v) is 12.9. The van der Waals surface area contributed by atoms with Gasteiger partial charge in [-0.15, -0.1) is 0 Å². The number of ether oxygens (including phenoxy) is 1. The van der Waals surface area contributed by atoms with Crippen LogP contribution in [0.4, 0.5) is 0 Å². The van der Waals surface area contributed by atoms with Gasteiger partial charge in [0.1, 0.15) is 5.75 Å². The summed E-state index contributed by atoms with van der Waals surface area (Å²) in [5.74, 6) is -0.727. The van der Waals surface area contributed by atoms with Gasteiger partial charge in [-0.05, 0) is 30.7 Å². The second-order valence-corrected chi connectivity index (χ2v) is 5.34. The smallest absolute Gasteiger partial charge is 0.289 e. The zero-order chi connectivity index (χ0) is 16.1. The first-order valence-corrected chi connectivity index (χ1v) is 7.21. The highest BCUT2D eigenvalue weighted by Gasteiger charge is 2.31. The van der Waals surface area contributed by atoms with Crippen LogP contribution in [0, 0.1) is 0 Å². The van der Waals surface area contributed by atoms with Crippen molar-refractivity contribution >= 4 is 23.4 Å². The number of halogens is 1. The van der Waals surface area contributed by atoms with Gasteiger partial charge in [-0.2, -0.15) is 0 Å². The van der Waals surface area contributed by atoms with E-state index in [1.807, 2.05) is 0 Å². The molecule has 0 saturated carbocycles. The molecule has 7 heteroatoms. The molecule has 1 aliphatic heterocycles. The van der Waals surface area contributed by atoms with Crippen molar-refractivity contribution in [3.63, 3.8) is 0 Å². The maximum atomic E-state index is 11.9. The summed E-state index contributed by atoms with van der Waals surface area (Å²) in [6, 6.07) is 7.01. The van der Waals surface area contributed by atoms with Gasteiger partial charge < -0.3 is 20.1 Å². The molecule has 0 aliphatic carbocycles. The Morgan fingerprint density at radius 2 is 2.09 bits per heavy atom. The lowest BCUT2D eigenvalue weighted by Crippen LogP contribution is -2.29. The van der Waals surface area contributed by atoms with Crippen molar-refractivity contribution in [1.29, 1.82) is 0 Å². The second kappa shape index (κ2) is 7.17. The van der Waals surface area contributed by atoms with Crippen LogP contribution < -0.4 is 10.1 Å². The van der Waals surface area contributed by atoms with Crippen LogP contribution in [0.15, 0.2) is 35.6 Å². The molecule has 0 bridgehead atoms. The number of aliphatic hydroxyl groups excluding tert-OH is 1. The van der Waals surface area contributed by atoms with E-state index < -0.39 is 17.6 Å². The van der Waals surface area contributed by atoms with Crippen LogP contribution in [0.2, 0.25) is 5.02 Å². The second-order valence-electron chi connectivity index (χ2n) is 4.90. The van der Waals surface area contributed by atoms with Gasteiger partial charge in [0.05, 0.1) is 18.7 Å². The molecule has 0 spiro atoms. The van der Waals surface area contributed by atoms with Crippen LogP contribution in [-0.2, 0) is 9.59 Å². The van der Waals surface area contributed by atoms with Gasteiger partial charge in [-0.3, -0.25) is 9.59 Å². The van der Waals surface area contributed by atoms with Crippen LogP contribution >= 0.6 is 11.6 Å². The number of amides is 2. The Labute approximate surface area is 133 Å². The highest BCUT2D eigenvalue weighted by atomic mass is 35.5. The molecular formula is C15H17ClN2O4. The summed E-state index contributed by atoms with van der Waals surface area (Å²) in [6.07, 6.45) is 0.603. The first-order valence-electron chi connectivity index (χ1n) is 6.83. The molecule has 0 unspecified atom stereocenters. The first kappa shape index (κ1) is 16.2. The van der Waals surface area contributed by atoms with Crippen molar-refractivity contribution < 1.29 is 19.4 Å². The summed E-state index contributed by atoms with van der Waals surface area (Å²) in [5.41, 5.74) is 0.103. The molecule has 0 saturated heterocycles. The van der Waals surface area contributed by atoms with Crippen LogP contribution in [0.3, 0.4) is 0 Å². The van der Waals surface area contributed by atoms with Gasteiger partial charge in [-0.25, -0.2) is 0 Å². The molecule has 22 heavy (non-hydrogen) atoms. The number of hydrogen-bond donors (Lipinski definition) is 2. The van der Waals surface area contributed by atoms with E-state index in [1.54, 1.807) is 24.3 Å². The Morgan fingerprint density at radius 1 is 1.41 bits per heavy atom. The molecule has 118 valence electrons. The third-order valence-electron chi connectivity index (χ3n) is 3.19. The quantitative estimate of drug-likeness (QED) is 0.777. The van der Waals surface area contributed by atoms with Gasteiger partial charge in [0, 0.05) is 18.6 Å². The van der Waals surface area contributed by atoms with Crippen LogP contribution in [0.5, 0.6) is 5.75 Å². The van der Waals surface area contributed by atoms with Gasteiger partial charge >= 0.3 is 0 Å². The van der Waals surface area contributed by atoms with Crippen LogP contribution in [0.1, 0.15) is 6.42 Å². The highest BCUT2D eigenvalue weighted by Crippen LogP contribution is 2.16. The third kappa shape index (κ3) is 3.92. The Hall–Kier alpha value is -2.21. The van der Waals surface area contributed by atoms with Crippen molar-refractivity contribution in [2.24, 2.45) is 0 Å². The molecular weight excluding hydrogens is 308 g/mol. The van der Waals surface area contributed by atoms with E-state index in [0.29, 0.717) is 30.3 Å². The van der Waals surface area contributed by atoms with Crippen molar-refractivity contribution in [3.8, 4) is 5.75 Å². The van der Waals surface area contributed by atoms with E-state index in [2.05, 4.69) is 5.32 Å². The highest BCUT2D eigenvalue weighted by molar-refractivity contribution is 6.30. The average Bonchev–Trinajstić information content (AvgIpc) is 2.76. The molecule has 0 radical (unpaired) electrons. The molecule has 2 amide bonds. The van der Waals surface area contributed by atoms with E-state index in [4.69, 9.17) is 16.3 Å². The Balaban J connectivity index is 1.70. The van der Waals surface area contributed by atoms with E-state index in [-0.39, 0.29) is 12.1 Å². The maximum Gasteiger partial charge on any atom is 0.289 e. The van der Waals surface area contributed by atoms with Gasteiger partial charge in [-0.1, -0.05) is 11.6 Å². The summed E-state index contributed by atoms with van der Waals surface area (Å²) in [7, 11) is 1.53. The number of likely N-dealkylation sites (N-methyl/N-ethyl adjacent to an activating group) is 1. The minimum atomic E-state index is -0.531. The van der Waals surface area contributed by atoms with Crippen molar-refractivity contribution in [3.05, 3.63) is 40.6 Å². The third-order valence-corrected chi connectivity index (χ3v) is 3.45. The number of carbonyl (C=O) groups excluding carboxylic acids is 2. The molecule has 0 aromatic heterocycles. The van der Waals surface area contributed by atoms with E-state index in [1.165, 1.54) is 11.9 Å². The summed E-state index contributed by atoms with van der Waals surface area (Å²) in [4.78, 5) is 24.5. The fourth-order valence-corrected chi connectivity index (χ4v) is 2.10. The van der Waals surface area contributed by atoms with Gasteiger partial charge in [0.15, 0.2) is 5.76 Å². The fourth-order valence-electron chi connectivity index (χ4n) is 1.97. The monoisotopic (exact) mass is 324 g/mol. The molecule has 2 N–H and O–H groups in total. The molecule has 1 aromatic carbocycles. The normalized spacial score (nSPS) is 14.5. The molecule has 1 heterocycles. The predicted octanol–water partition coefficient (Wildman–Crippen LogP) is 1.51. The molecule has 1 aromatic rings. The summed E-state index contributed by atoms with van der Waals surface area (Å²) >= 11 is 5.77. The van der Waals surface area contributed by atoms with Gasteiger partial charge in [0.25, 0.3) is 11.8 Å². The summed E-state index contributed by atoms with van der Waals surface area (Å²) in [5, 5.41) is 12.9. The lowest BCUT2D eigenvalue weighted by molar-refractivity contribution is -0.126. The summed E-state index contributed by atoms with van der Waals surface area (Å²) < 4.78 is 5.49. The molecule has 2 rings (SSSR count). The Morgan fingerprint density at radius 3 is 2.68 bits per heavy atom. The summed E-state index contributed by atoms with van der Waals surface area (Å²) in [6.45, 7) is 0.949. The number of nitrogens with one attached hydrogen (secondary N) is 1. The minimum absolute atomic E-state index is 0.103. The lowest BCUT2D eigenvalue weighted by Gasteiger charge is -2.09. The average molecular weight is 325 g/mol. The van der Waals surface area contributed by atoms with Crippen molar-refractivity contribution in [1.82, 2.24) is 10.2 Å². The Bertz CT molecular complexity index is 598. The molecule has 1 aliphatic rings. The van der Waals surface area contributed by atoms with Crippen LogP contribution in [-0.4, -0.2) is 48.6 Å². The minimum Gasteiger partial charge on any atom is -0.503 e. The predicted molar refractivity (Wildman–Crippen MR) is 81.9 cm³/mol. The topological polar surface area (TPSA) is 78.9 Å². The van der Waals surface area contributed by atoms with Gasteiger partial charge in [0.2, 0.25) is 0 Å². The van der Waals surface area contributed by atoms with E-state index >= 15 is 0 Å². The lowest BCUT2D eigenvalue weighted by atomic mass is 10.2. The number of rotatable bonds is 6. The van der Waals surface area contributed by atoms with Crippen LogP contribution in [0.25, 0.3) is 0 Å². The largest absolute Gasteiger partial charge is 0.503 e. The Kier molecular flexibility index (Phi) is 5.27. The molecule has 0 atom stereocenters. The maximum absolute atomic E-state index is 11.9. The molecule has 0 fully saturated rings. The van der Waals surface area contributed by atoms with Crippen molar-refractivity contribution in [2.75, 3.05) is 26.7 Å².